The summed E-state index contributed by atoms with van der Waals surface area (Å²) in [6.07, 6.45) is 4.70. The fraction of sp³-hybridized carbons (Fsp3) is 0.100. The van der Waals surface area contributed by atoms with Gasteiger partial charge in [-0.05, 0) is 36.1 Å². The molecule has 0 aliphatic carbocycles. The largest absolute Gasteiger partial charge is 0.545 e. The molecule has 13 heavy (non-hydrogen) atoms. The van der Waals surface area contributed by atoms with Gasteiger partial charge in [0.25, 0.3) is 0 Å². The lowest BCUT2D eigenvalue weighted by molar-refractivity contribution is -0.297. The zero-order valence-corrected chi connectivity index (χ0v) is 8.01. The van der Waals surface area contributed by atoms with Crippen molar-refractivity contribution in [1.29, 1.82) is 0 Å². The number of carboxylic acids is 1. The Morgan fingerprint density at radius 1 is 1.62 bits per heavy atom. The first-order valence-electron chi connectivity index (χ1n) is 3.79. The number of carboxylic acid groups (broad SMARTS) is 1. The van der Waals surface area contributed by atoms with E-state index in [1.54, 1.807) is 24.3 Å². The van der Waals surface area contributed by atoms with Crippen molar-refractivity contribution in [1.82, 2.24) is 0 Å². The van der Waals surface area contributed by atoms with Crippen LogP contribution in [0.1, 0.15) is 11.8 Å². The Balaban J connectivity index is 2.64. The maximum Gasteiger partial charge on any atom is 0.0645 e. The molecule has 0 atom stereocenters. The van der Waals surface area contributed by atoms with Crippen LogP contribution in [0.25, 0.3) is 6.08 Å². The second kappa shape index (κ2) is 4.62. The molecular formula is C10H9O2S-. The Kier molecular flexibility index (Phi) is 3.46. The normalized spacial score (nSPS) is 12.2. The van der Waals surface area contributed by atoms with Gasteiger partial charge in [0.15, 0.2) is 0 Å². The van der Waals surface area contributed by atoms with E-state index in [0.29, 0.717) is 5.57 Å². The van der Waals surface area contributed by atoms with Gasteiger partial charge in [0.2, 0.25) is 0 Å². The van der Waals surface area contributed by atoms with E-state index in [1.165, 1.54) is 0 Å². The molecule has 0 fully saturated rings. The molecule has 1 aromatic rings. The van der Waals surface area contributed by atoms with Gasteiger partial charge in [0.05, 0.1) is 5.97 Å². The summed E-state index contributed by atoms with van der Waals surface area (Å²) >= 11 is 1.61. The molecule has 0 amide bonds. The average molecular weight is 193 g/mol. The Hall–Kier alpha value is -1.35. The maximum absolute atomic E-state index is 10.2. The smallest absolute Gasteiger partial charge is 0.0645 e. The lowest BCUT2D eigenvalue weighted by Gasteiger charge is -1.93. The molecule has 2 nitrogen and oxygen atoms in total. The molecule has 0 spiro atoms. The van der Waals surface area contributed by atoms with Gasteiger partial charge in [-0.2, -0.15) is 0 Å². The first-order chi connectivity index (χ1) is 6.18. The number of carbonyl (C=O) groups excluding carboxylic acids is 1. The van der Waals surface area contributed by atoms with Crippen molar-refractivity contribution >= 4 is 23.4 Å². The number of carbonyl (C=O) groups is 1. The number of allylic oxidation sites excluding steroid dienone is 2. The highest BCUT2D eigenvalue weighted by atomic mass is 32.1. The molecule has 0 N–H and O–H groups in total. The van der Waals surface area contributed by atoms with Gasteiger partial charge < -0.3 is 9.90 Å². The van der Waals surface area contributed by atoms with Crippen LogP contribution in [0.5, 0.6) is 0 Å². The molecule has 0 unspecified atom stereocenters. The second-order valence-electron chi connectivity index (χ2n) is 2.56. The van der Waals surface area contributed by atoms with E-state index in [9.17, 15) is 9.90 Å². The molecule has 0 aromatic carbocycles. The van der Waals surface area contributed by atoms with E-state index < -0.39 is 5.97 Å². The molecule has 0 bridgehead atoms. The Morgan fingerprint density at radius 2 is 2.38 bits per heavy atom. The maximum atomic E-state index is 10.2. The van der Waals surface area contributed by atoms with Gasteiger partial charge in [0.1, 0.15) is 0 Å². The predicted molar refractivity (Wildman–Crippen MR) is 52.1 cm³/mol. The number of hydrogen-bond acceptors (Lipinski definition) is 3. The highest BCUT2D eigenvalue weighted by molar-refractivity contribution is 7.10. The minimum absolute atomic E-state index is 0.674. The van der Waals surface area contributed by atoms with Gasteiger partial charge in [-0.1, -0.05) is 12.1 Å². The molecule has 0 saturated carbocycles. The van der Waals surface area contributed by atoms with Crippen LogP contribution in [0.3, 0.4) is 0 Å². The van der Waals surface area contributed by atoms with Crippen molar-refractivity contribution in [3.05, 3.63) is 40.1 Å². The summed E-state index contributed by atoms with van der Waals surface area (Å²) in [4.78, 5) is 11.3. The SMILES string of the molecule is CC(/C=C/c1cccs1)=C\C(=O)[O-]. The van der Waals surface area contributed by atoms with Gasteiger partial charge in [0, 0.05) is 4.88 Å². The number of hydrogen-bond donors (Lipinski definition) is 0. The van der Waals surface area contributed by atoms with Crippen LogP contribution in [0, 0.1) is 0 Å². The molecule has 0 radical (unpaired) electrons. The van der Waals surface area contributed by atoms with Gasteiger partial charge in [-0.25, -0.2) is 0 Å². The molecule has 1 rings (SSSR count). The van der Waals surface area contributed by atoms with E-state index in [-0.39, 0.29) is 0 Å². The first-order valence-corrected chi connectivity index (χ1v) is 4.67. The minimum Gasteiger partial charge on any atom is -0.545 e. The van der Waals surface area contributed by atoms with Gasteiger partial charge >= 0.3 is 0 Å². The van der Waals surface area contributed by atoms with Crippen molar-refractivity contribution in [2.24, 2.45) is 0 Å². The second-order valence-corrected chi connectivity index (χ2v) is 3.54. The van der Waals surface area contributed by atoms with Crippen molar-refractivity contribution < 1.29 is 9.90 Å². The summed E-state index contributed by atoms with van der Waals surface area (Å²) in [5.74, 6) is -1.16. The summed E-state index contributed by atoms with van der Waals surface area (Å²) in [6, 6.07) is 3.91. The Morgan fingerprint density at radius 3 is 2.92 bits per heavy atom. The number of thiophene rings is 1. The molecule has 0 aliphatic heterocycles. The molecule has 1 aromatic heterocycles. The average Bonchev–Trinajstić information content (AvgIpc) is 2.51. The molecular weight excluding hydrogens is 184 g/mol. The third-order valence-corrected chi connectivity index (χ3v) is 2.24. The lowest BCUT2D eigenvalue weighted by Crippen LogP contribution is -2.19. The zero-order chi connectivity index (χ0) is 9.68. The van der Waals surface area contributed by atoms with Crippen molar-refractivity contribution in [2.45, 2.75) is 6.92 Å². The topological polar surface area (TPSA) is 40.1 Å². The third kappa shape index (κ3) is 3.71. The first kappa shape index (κ1) is 9.74. The predicted octanol–water partition coefficient (Wildman–Crippen LogP) is 1.46. The number of aliphatic carboxylic acids is 1. The van der Waals surface area contributed by atoms with Crippen molar-refractivity contribution in [3.8, 4) is 0 Å². The zero-order valence-electron chi connectivity index (χ0n) is 7.19. The van der Waals surface area contributed by atoms with Crippen molar-refractivity contribution in [3.63, 3.8) is 0 Å². The van der Waals surface area contributed by atoms with Crippen LogP contribution in [-0.4, -0.2) is 5.97 Å². The van der Waals surface area contributed by atoms with Crippen LogP contribution in [0.2, 0.25) is 0 Å². The highest BCUT2D eigenvalue weighted by Crippen LogP contribution is 2.11. The standard InChI is InChI=1S/C10H10O2S/c1-8(7-10(11)12)4-5-9-3-2-6-13-9/h2-7H,1H3,(H,11,12)/p-1/b5-4+,8-7+. The highest BCUT2D eigenvalue weighted by Gasteiger charge is 1.86. The van der Waals surface area contributed by atoms with Gasteiger partial charge in [-0.3, -0.25) is 0 Å². The van der Waals surface area contributed by atoms with E-state index in [0.717, 1.165) is 11.0 Å². The van der Waals surface area contributed by atoms with Crippen LogP contribution in [0.4, 0.5) is 0 Å². The van der Waals surface area contributed by atoms with E-state index in [4.69, 9.17) is 0 Å². The monoisotopic (exact) mass is 193 g/mol. The van der Waals surface area contributed by atoms with Crippen LogP contribution < -0.4 is 5.11 Å². The molecule has 0 saturated heterocycles. The summed E-state index contributed by atoms with van der Waals surface area (Å²) in [5, 5.41) is 12.1. The fourth-order valence-electron chi connectivity index (χ4n) is 0.834. The lowest BCUT2D eigenvalue weighted by atomic mass is 10.2. The summed E-state index contributed by atoms with van der Waals surface area (Å²) < 4.78 is 0. The molecule has 3 heteroatoms. The Bertz CT molecular complexity index is 334. The van der Waals surface area contributed by atoms with E-state index in [1.807, 2.05) is 23.6 Å². The summed E-state index contributed by atoms with van der Waals surface area (Å²) in [7, 11) is 0. The van der Waals surface area contributed by atoms with Crippen LogP contribution in [-0.2, 0) is 4.79 Å². The van der Waals surface area contributed by atoms with Crippen LogP contribution in [0.15, 0.2) is 35.2 Å². The van der Waals surface area contributed by atoms with Crippen LogP contribution >= 0.6 is 11.3 Å². The third-order valence-electron chi connectivity index (χ3n) is 1.40. The molecule has 0 aliphatic rings. The Labute approximate surface area is 80.8 Å². The fourth-order valence-corrected chi connectivity index (χ4v) is 1.45. The molecule has 68 valence electrons. The summed E-state index contributed by atoms with van der Waals surface area (Å²) in [5.41, 5.74) is 0.674. The minimum atomic E-state index is -1.16. The molecule has 1 heterocycles. The van der Waals surface area contributed by atoms with E-state index >= 15 is 0 Å². The van der Waals surface area contributed by atoms with Crippen molar-refractivity contribution in [2.75, 3.05) is 0 Å². The van der Waals surface area contributed by atoms with Gasteiger partial charge in [-0.15, -0.1) is 11.3 Å². The summed E-state index contributed by atoms with van der Waals surface area (Å²) in [6.45, 7) is 1.72. The number of rotatable bonds is 3. The van der Waals surface area contributed by atoms with E-state index in [2.05, 4.69) is 0 Å². The quantitative estimate of drug-likeness (QED) is 0.538.